The molecule has 1 amide bonds. The Morgan fingerprint density at radius 1 is 1.11 bits per heavy atom. The van der Waals surface area contributed by atoms with E-state index in [2.05, 4.69) is 25.3 Å². The van der Waals surface area contributed by atoms with E-state index in [0.29, 0.717) is 24.8 Å². The first-order valence-electron chi connectivity index (χ1n) is 9.56. The minimum absolute atomic E-state index is 0.0440. The van der Waals surface area contributed by atoms with Gasteiger partial charge in [-0.3, -0.25) is 14.7 Å². The number of likely N-dealkylation sites (tertiary alicyclic amines) is 1. The predicted molar refractivity (Wildman–Crippen MR) is 104 cm³/mol. The van der Waals surface area contributed by atoms with Gasteiger partial charge < -0.3 is 9.84 Å². The number of amides is 1. The van der Waals surface area contributed by atoms with Crippen molar-refractivity contribution in [3.05, 3.63) is 66.3 Å². The van der Waals surface area contributed by atoms with E-state index in [1.807, 2.05) is 48.5 Å². The zero-order chi connectivity index (χ0) is 19.2. The molecule has 0 unspecified atom stereocenters. The van der Waals surface area contributed by atoms with Crippen LogP contribution in [0.2, 0.25) is 0 Å². The lowest BCUT2D eigenvalue weighted by Gasteiger charge is -2.30. The second-order valence-corrected chi connectivity index (χ2v) is 6.97. The highest BCUT2D eigenvalue weighted by Gasteiger charge is 2.25. The van der Waals surface area contributed by atoms with Crippen molar-refractivity contribution in [3.8, 4) is 11.4 Å². The summed E-state index contributed by atoms with van der Waals surface area (Å²) in [5.41, 5.74) is 1.82. The Bertz CT molecular complexity index is 889. The van der Waals surface area contributed by atoms with Gasteiger partial charge in [0.25, 0.3) is 0 Å². The molecule has 2 aromatic heterocycles. The maximum absolute atomic E-state index is 12.4. The smallest absolute Gasteiger partial charge is 0.241 e. The van der Waals surface area contributed by atoms with E-state index in [1.165, 1.54) is 0 Å². The van der Waals surface area contributed by atoms with Crippen molar-refractivity contribution in [2.75, 3.05) is 13.1 Å². The van der Waals surface area contributed by atoms with Gasteiger partial charge in [0.1, 0.15) is 0 Å². The highest BCUT2D eigenvalue weighted by atomic mass is 16.5. The second kappa shape index (κ2) is 8.75. The quantitative estimate of drug-likeness (QED) is 0.711. The predicted octanol–water partition coefficient (Wildman–Crippen LogP) is 2.66. The van der Waals surface area contributed by atoms with Crippen LogP contribution in [-0.2, 0) is 17.9 Å². The van der Waals surface area contributed by atoms with Gasteiger partial charge in [-0.15, -0.1) is 0 Å². The molecule has 0 bridgehead atoms. The SMILES string of the molecule is O=C(NCc1ccccn1)C1CCN(Cc2nc(-c3ccccc3)no2)CC1. The van der Waals surface area contributed by atoms with Crippen LogP contribution in [0.5, 0.6) is 0 Å². The Hall–Kier alpha value is -3.06. The van der Waals surface area contributed by atoms with E-state index in [-0.39, 0.29) is 11.8 Å². The largest absolute Gasteiger partial charge is 0.350 e. The number of carbonyl (C=O) groups excluding carboxylic acids is 1. The van der Waals surface area contributed by atoms with E-state index in [1.54, 1.807) is 6.20 Å². The average molecular weight is 377 g/mol. The van der Waals surface area contributed by atoms with Crippen molar-refractivity contribution in [1.29, 1.82) is 0 Å². The molecule has 0 spiro atoms. The molecule has 0 saturated carbocycles. The standard InChI is InChI=1S/C21H23N5O2/c27-21(23-14-18-8-4-5-11-22-18)17-9-12-26(13-10-17)15-19-24-20(25-28-19)16-6-2-1-3-7-16/h1-8,11,17H,9-10,12-15H2,(H,23,27). The third-order valence-electron chi connectivity index (χ3n) is 4.99. The number of nitrogens with one attached hydrogen (secondary N) is 1. The number of hydrogen-bond donors (Lipinski definition) is 1. The summed E-state index contributed by atoms with van der Waals surface area (Å²) < 4.78 is 5.39. The molecule has 3 aromatic rings. The molecule has 1 aliphatic rings. The molecule has 1 aliphatic heterocycles. The molecule has 1 N–H and O–H groups in total. The van der Waals surface area contributed by atoms with Gasteiger partial charge in [0.15, 0.2) is 0 Å². The number of piperidine rings is 1. The number of aromatic nitrogens is 3. The first-order valence-corrected chi connectivity index (χ1v) is 9.56. The van der Waals surface area contributed by atoms with Crippen LogP contribution in [0.4, 0.5) is 0 Å². The van der Waals surface area contributed by atoms with Gasteiger partial charge in [0.2, 0.25) is 17.6 Å². The number of nitrogens with zero attached hydrogens (tertiary/aromatic N) is 4. The lowest BCUT2D eigenvalue weighted by Crippen LogP contribution is -2.40. The van der Waals surface area contributed by atoms with Gasteiger partial charge in [0, 0.05) is 17.7 Å². The third-order valence-corrected chi connectivity index (χ3v) is 4.99. The number of carbonyl (C=O) groups is 1. The summed E-state index contributed by atoms with van der Waals surface area (Å²) in [6, 6.07) is 15.5. The maximum atomic E-state index is 12.4. The van der Waals surface area contributed by atoms with Crippen molar-refractivity contribution in [3.63, 3.8) is 0 Å². The van der Waals surface area contributed by atoms with Gasteiger partial charge in [0.05, 0.1) is 18.8 Å². The van der Waals surface area contributed by atoms with Crippen LogP contribution >= 0.6 is 0 Å². The molecule has 1 saturated heterocycles. The fraction of sp³-hybridized carbons (Fsp3) is 0.333. The van der Waals surface area contributed by atoms with Crippen LogP contribution in [0.25, 0.3) is 11.4 Å². The van der Waals surface area contributed by atoms with Gasteiger partial charge in [-0.25, -0.2) is 0 Å². The summed E-state index contributed by atoms with van der Waals surface area (Å²) in [5.74, 6) is 1.37. The zero-order valence-electron chi connectivity index (χ0n) is 15.6. The Kier molecular flexibility index (Phi) is 5.72. The van der Waals surface area contributed by atoms with Crippen LogP contribution < -0.4 is 5.32 Å². The zero-order valence-corrected chi connectivity index (χ0v) is 15.6. The number of rotatable bonds is 6. The van der Waals surface area contributed by atoms with E-state index in [0.717, 1.165) is 37.2 Å². The molecule has 0 radical (unpaired) electrons. The Morgan fingerprint density at radius 3 is 2.64 bits per heavy atom. The monoisotopic (exact) mass is 377 g/mol. The van der Waals surface area contributed by atoms with Crippen molar-refractivity contribution in [1.82, 2.24) is 25.3 Å². The van der Waals surface area contributed by atoms with Gasteiger partial charge >= 0.3 is 0 Å². The number of hydrogen-bond acceptors (Lipinski definition) is 6. The molecular weight excluding hydrogens is 354 g/mol. The lowest BCUT2D eigenvalue weighted by atomic mass is 9.96. The molecule has 4 rings (SSSR count). The van der Waals surface area contributed by atoms with E-state index in [9.17, 15) is 4.79 Å². The molecule has 1 fully saturated rings. The summed E-state index contributed by atoms with van der Waals surface area (Å²) in [6.45, 7) is 2.77. The average Bonchev–Trinajstić information content (AvgIpc) is 3.22. The fourth-order valence-corrected chi connectivity index (χ4v) is 3.39. The van der Waals surface area contributed by atoms with Crippen LogP contribution in [0.1, 0.15) is 24.4 Å². The third kappa shape index (κ3) is 4.61. The fourth-order valence-electron chi connectivity index (χ4n) is 3.39. The van der Waals surface area contributed by atoms with E-state index < -0.39 is 0 Å². The molecule has 28 heavy (non-hydrogen) atoms. The van der Waals surface area contributed by atoms with Gasteiger partial charge in [-0.1, -0.05) is 41.6 Å². The summed E-state index contributed by atoms with van der Waals surface area (Å²) in [7, 11) is 0. The normalized spacial score (nSPS) is 15.4. The molecule has 3 heterocycles. The van der Waals surface area contributed by atoms with Crippen LogP contribution in [0, 0.1) is 5.92 Å². The van der Waals surface area contributed by atoms with Gasteiger partial charge in [-0.2, -0.15) is 4.98 Å². The summed E-state index contributed by atoms with van der Waals surface area (Å²) >= 11 is 0. The van der Waals surface area contributed by atoms with Crippen LogP contribution in [0.15, 0.2) is 59.3 Å². The molecular formula is C21H23N5O2. The Balaban J connectivity index is 1.24. The lowest BCUT2D eigenvalue weighted by molar-refractivity contribution is -0.126. The minimum atomic E-state index is 0.0440. The molecule has 1 aromatic carbocycles. The van der Waals surface area contributed by atoms with Crippen molar-refractivity contribution in [2.45, 2.75) is 25.9 Å². The minimum Gasteiger partial charge on any atom is -0.350 e. The summed E-state index contributed by atoms with van der Waals surface area (Å²) in [4.78, 5) is 23.4. The van der Waals surface area contributed by atoms with Gasteiger partial charge in [-0.05, 0) is 38.1 Å². The first kappa shape index (κ1) is 18.3. The number of pyridine rings is 1. The summed E-state index contributed by atoms with van der Waals surface area (Å²) in [6.07, 6.45) is 3.39. The highest BCUT2D eigenvalue weighted by molar-refractivity contribution is 5.78. The molecule has 0 aliphatic carbocycles. The Labute approximate surface area is 163 Å². The Morgan fingerprint density at radius 2 is 1.89 bits per heavy atom. The maximum Gasteiger partial charge on any atom is 0.241 e. The van der Waals surface area contributed by atoms with E-state index in [4.69, 9.17) is 4.52 Å². The van der Waals surface area contributed by atoms with Crippen LogP contribution in [-0.4, -0.2) is 39.0 Å². The van der Waals surface area contributed by atoms with Crippen molar-refractivity contribution in [2.24, 2.45) is 5.92 Å². The van der Waals surface area contributed by atoms with Crippen molar-refractivity contribution >= 4 is 5.91 Å². The second-order valence-electron chi connectivity index (χ2n) is 6.97. The molecule has 144 valence electrons. The molecule has 7 nitrogen and oxygen atoms in total. The van der Waals surface area contributed by atoms with E-state index >= 15 is 0 Å². The first-order chi connectivity index (χ1) is 13.8. The summed E-state index contributed by atoms with van der Waals surface area (Å²) in [5, 5.41) is 7.06. The topological polar surface area (TPSA) is 84.2 Å². The van der Waals surface area contributed by atoms with Crippen molar-refractivity contribution < 1.29 is 9.32 Å². The molecule has 0 atom stereocenters. The van der Waals surface area contributed by atoms with Crippen LogP contribution in [0.3, 0.4) is 0 Å². The number of benzene rings is 1. The molecule has 7 heteroatoms. The highest BCUT2D eigenvalue weighted by Crippen LogP contribution is 2.20.